The van der Waals surface area contributed by atoms with E-state index in [-0.39, 0.29) is 24.8 Å². The molecule has 1 aliphatic heterocycles. The fraction of sp³-hybridized carbons (Fsp3) is 0.190. The normalized spacial score (nSPS) is 15.0. The number of thioether (sulfide) groups is 1. The lowest BCUT2D eigenvalue weighted by Gasteiger charge is -2.15. The van der Waals surface area contributed by atoms with Crippen molar-refractivity contribution in [3.63, 3.8) is 0 Å². The molecule has 2 amide bonds. The van der Waals surface area contributed by atoms with E-state index in [0.29, 0.717) is 26.4 Å². The van der Waals surface area contributed by atoms with E-state index in [9.17, 15) is 9.59 Å². The number of thiocarbonyl (C=S) groups is 1. The molecule has 0 aliphatic carbocycles. The van der Waals surface area contributed by atoms with E-state index < -0.39 is 0 Å². The van der Waals surface area contributed by atoms with Crippen molar-refractivity contribution >= 4 is 51.9 Å². The van der Waals surface area contributed by atoms with Crippen molar-refractivity contribution in [3.8, 4) is 11.5 Å². The number of benzene rings is 2. The van der Waals surface area contributed by atoms with Crippen LogP contribution in [0.5, 0.6) is 11.5 Å². The fourth-order valence-electron chi connectivity index (χ4n) is 2.79. The Labute approximate surface area is 178 Å². The third-order valence-electron chi connectivity index (χ3n) is 4.24. The van der Waals surface area contributed by atoms with E-state index in [4.69, 9.17) is 21.7 Å². The summed E-state index contributed by atoms with van der Waals surface area (Å²) in [7, 11) is 3.12. The minimum Gasteiger partial charge on any atom is -0.496 e. The number of hydrogen-bond donors (Lipinski definition) is 1. The minimum atomic E-state index is -0.225. The zero-order chi connectivity index (χ0) is 20.8. The van der Waals surface area contributed by atoms with Crippen molar-refractivity contribution in [2.24, 2.45) is 0 Å². The Kier molecular flexibility index (Phi) is 6.90. The van der Waals surface area contributed by atoms with E-state index in [1.165, 1.54) is 16.7 Å². The number of amides is 2. The first-order valence-electron chi connectivity index (χ1n) is 8.84. The number of ether oxygens (including phenoxy) is 2. The monoisotopic (exact) mass is 428 g/mol. The quantitative estimate of drug-likeness (QED) is 0.532. The minimum absolute atomic E-state index is 0.117. The number of nitrogens with zero attached hydrogens (tertiary/aromatic N) is 1. The molecular weight excluding hydrogens is 408 g/mol. The third-order valence-corrected chi connectivity index (χ3v) is 5.62. The molecule has 1 fully saturated rings. The molecular formula is C21H20N2O4S2. The molecule has 0 atom stereocenters. The first-order valence-corrected chi connectivity index (χ1v) is 10.1. The van der Waals surface area contributed by atoms with Gasteiger partial charge in [0.15, 0.2) is 0 Å². The van der Waals surface area contributed by atoms with E-state index in [2.05, 4.69) is 5.32 Å². The maximum atomic E-state index is 12.7. The molecule has 2 aromatic carbocycles. The van der Waals surface area contributed by atoms with Gasteiger partial charge in [-0.15, -0.1) is 0 Å². The van der Waals surface area contributed by atoms with Gasteiger partial charge in [-0.3, -0.25) is 14.5 Å². The predicted molar refractivity (Wildman–Crippen MR) is 119 cm³/mol. The van der Waals surface area contributed by atoms with Gasteiger partial charge < -0.3 is 14.8 Å². The molecule has 0 saturated carbocycles. The van der Waals surface area contributed by atoms with Crippen LogP contribution in [0.15, 0.2) is 53.4 Å². The predicted octanol–water partition coefficient (Wildman–Crippen LogP) is 3.93. The summed E-state index contributed by atoms with van der Waals surface area (Å²) < 4.78 is 11.0. The Hall–Kier alpha value is -2.84. The molecule has 150 valence electrons. The van der Waals surface area contributed by atoms with Crippen molar-refractivity contribution < 1.29 is 19.1 Å². The van der Waals surface area contributed by atoms with Crippen LogP contribution in [0.4, 0.5) is 5.69 Å². The summed E-state index contributed by atoms with van der Waals surface area (Å²) >= 11 is 6.56. The van der Waals surface area contributed by atoms with Gasteiger partial charge in [-0.1, -0.05) is 54.3 Å². The van der Waals surface area contributed by atoms with Gasteiger partial charge >= 0.3 is 0 Å². The summed E-state index contributed by atoms with van der Waals surface area (Å²) in [6.07, 6.45) is 1.87. The SMILES string of the molecule is COc1ccccc1C=C1SC(=S)N(CCC(=O)Nc2ccccc2OC)C1=O. The van der Waals surface area contributed by atoms with Crippen LogP contribution in [-0.2, 0) is 9.59 Å². The molecule has 3 rings (SSSR count). The summed E-state index contributed by atoms with van der Waals surface area (Å²) in [6, 6.07) is 14.6. The van der Waals surface area contributed by atoms with E-state index in [1.807, 2.05) is 36.4 Å². The van der Waals surface area contributed by atoms with Crippen molar-refractivity contribution in [2.45, 2.75) is 6.42 Å². The van der Waals surface area contributed by atoms with Gasteiger partial charge in [-0.2, -0.15) is 0 Å². The Morgan fingerprint density at radius 3 is 2.48 bits per heavy atom. The molecule has 1 heterocycles. The maximum Gasteiger partial charge on any atom is 0.266 e. The largest absolute Gasteiger partial charge is 0.496 e. The molecule has 1 saturated heterocycles. The molecule has 2 aromatic rings. The molecule has 1 N–H and O–H groups in total. The first kappa shape index (κ1) is 20.9. The van der Waals surface area contributed by atoms with Gasteiger partial charge in [0.25, 0.3) is 5.91 Å². The fourth-order valence-corrected chi connectivity index (χ4v) is 4.09. The number of para-hydroxylation sites is 3. The molecule has 0 unspecified atom stereocenters. The van der Waals surface area contributed by atoms with Crippen LogP contribution in [0.2, 0.25) is 0 Å². The van der Waals surface area contributed by atoms with Gasteiger partial charge in [0, 0.05) is 18.5 Å². The molecule has 6 nitrogen and oxygen atoms in total. The van der Waals surface area contributed by atoms with Crippen LogP contribution in [0, 0.1) is 0 Å². The second-order valence-corrected chi connectivity index (χ2v) is 7.75. The van der Waals surface area contributed by atoms with Crippen LogP contribution in [-0.4, -0.2) is 41.8 Å². The zero-order valence-electron chi connectivity index (χ0n) is 16.0. The lowest BCUT2D eigenvalue weighted by molar-refractivity contribution is -0.122. The average molecular weight is 429 g/mol. The molecule has 29 heavy (non-hydrogen) atoms. The summed E-state index contributed by atoms with van der Waals surface area (Å²) in [4.78, 5) is 27.0. The van der Waals surface area contributed by atoms with Gasteiger partial charge in [0.2, 0.25) is 5.91 Å². The molecule has 0 radical (unpaired) electrons. The van der Waals surface area contributed by atoms with Gasteiger partial charge in [-0.25, -0.2) is 0 Å². The number of anilines is 1. The van der Waals surface area contributed by atoms with Crippen LogP contribution in [0.1, 0.15) is 12.0 Å². The second-order valence-electron chi connectivity index (χ2n) is 6.07. The Bertz CT molecular complexity index is 975. The topological polar surface area (TPSA) is 67.9 Å². The first-order chi connectivity index (χ1) is 14.0. The highest BCUT2D eigenvalue weighted by atomic mass is 32.2. The molecule has 0 spiro atoms. The highest BCUT2D eigenvalue weighted by Gasteiger charge is 2.32. The summed E-state index contributed by atoms with van der Waals surface area (Å²) in [6.45, 7) is 0.203. The van der Waals surface area contributed by atoms with Crippen molar-refractivity contribution in [1.82, 2.24) is 4.90 Å². The lowest BCUT2D eigenvalue weighted by Crippen LogP contribution is -2.31. The summed E-state index contributed by atoms with van der Waals surface area (Å²) in [5, 5.41) is 2.80. The summed E-state index contributed by atoms with van der Waals surface area (Å²) in [5.74, 6) is 0.813. The Balaban J connectivity index is 1.64. The number of hydrogen-bond acceptors (Lipinski definition) is 6. The number of nitrogens with one attached hydrogen (secondary N) is 1. The smallest absolute Gasteiger partial charge is 0.266 e. The van der Waals surface area contributed by atoms with Crippen LogP contribution < -0.4 is 14.8 Å². The molecule has 0 bridgehead atoms. The van der Waals surface area contributed by atoms with Crippen molar-refractivity contribution in [1.29, 1.82) is 0 Å². The van der Waals surface area contributed by atoms with Crippen LogP contribution >= 0.6 is 24.0 Å². The molecule has 0 aromatic heterocycles. The third kappa shape index (κ3) is 4.96. The van der Waals surface area contributed by atoms with Crippen molar-refractivity contribution in [2.75, 3.05) is 26.1 Å². The average Bonchev–Trinajstić information content (AvgIpc) is 3.00. The van der Waals surface area contributed by atoms with Crippen molar-refractivity contribution in [3.05, 3.63) is 59.0 Å². The van der Waals surface area contributed by atoms with Crippen LogP contribution in [0.3, 0.4) is 0 Å². The van der Waals surface area contributed by atoms with E-state index >= 15 is 0 Å². The molecule has 1 aliphatic rings. The highest BCUT2D eigenvalue weighted by Crippen LogP contribution is 2.34. The number of carbonyl (C=O) groups excluding carboxylic acids is 2. The van der Waals surface area contributed by atoms with Gasteiger partial charge in [-0.05, 0) is 24.3 Å². The molecule has 8 heteroatoms. The zero-order valence-corrected chi connectivity index (χ0v) is 17.6. The second kappa shape index (κ2) is 9.58. The van der Waals surface area contributed by atoms with Gasteiger partial charge in [0.05, 0.1) is 24.8 Å². The maximum absolute atomic E-state index is 12.7. The Morgan fingerprint density at radius 1 is 1.10 bits per heavy atom. The number of rotatable bonds is 7. The van der Waals surface area contributed by atoms with Gasteiger partial charge in [0.1, 0.15) is 15.8 Å². The highest BCUT2D eigenvalue weighted by molar-refractivity contribution is 8.26. The van der Waals surface area contributed by atoms with E-state index in [1.54, 1.807) is 32.4 Å². The van der Waals surface area contributed by atoms with E-state index in [0.717, 1.165) is 5.56 Å². The van der Waals surface area contributed by atoms with Crippen LogP contribution in [0.25, 0.3) is 6.08 Å². The number of carbonyl (C=O) groups is 2. The Morgan fingerprint density at radius 2 is 1.76 bits per heavy atom. The standard InChI is InChI=1S/C21H20N2O4S2/c1-26-16-9-5-3-7-14(16)13-18-20(25)23(21(28)29-18)12-11-19(24)22-15-8-4-6-10-17(15)27-2/h3-10,13H,11-12H2,1-2H3,(H,22,24). The number of methoxy groups -OCH3 is 2. The summed E-state index contributed by atoms with van der Waals surface area (Å²) in [5.41, 5.74) is 1.38. The lowest BCUT2D eigenvalue weighted by atomic mass is 10.2.